The van der Waals surface area contributed by atoms with E-state index < -0.39 is 0 Å². The molecule has 18 heavy (non-hydrogen) atoms. The molecule has 0 saturated heterocycles. The van der Waals surface area contributed by atoms with Crippen LogP contribution in [0, 0.1) is 17.7 Å². The van der Waals surface area contributed by atoms with Crippen molar-refractivity contribution in [1.29, 1.82) is 0 Å². The van der Waals surface area contributed by atoms with E-state index in [9.17, 15) is 4.39 Å². The lowest BCUT2D eigenvalue weighted by molar-refractivity contribution is 0.247. The molecule has 0 amide bonds. The summed E-state index contributed by atoms with van der Waals surface area (Å²) in [4.78, 5) is 0. The molecule has 2 unspecified atom stereocenters. The van der Waals surface area contributed by atoms with Gasteiger partial charge in [-0.25, -0.2) is 4.39 Å². The van der Waals surface area contributed by atoms with Gasteiger partial charge in [-0.2, -0.15) is 0 Å². The molecular formula is C15H21ClFN. The lowest BCUT2D eigenvalue weighted by Crippen LogP contribution is -2.29. The first-order valence-corrected chi connectivity index (χ1v) is 7.19. The van der Waals surface area contributed by atoms with E-state index in [1.165, 1.54) is 31.7 Å². The predicted molar refractivity (Wildman–Crippen MR) is 74.2 cm³/mol. The number of nitrogens with one attached hydrogen (secondary N) is 1. The second-order valence-corrected chi connectivity index (χ2v) is 5.81. The monoisotopic (exact) mass is 269 g/mol. The summed E-state index contributed by atoms with van der Waals surface area (Å²) in [5.74, 6) is 1.26. The van der Waals surface area contributed by atoms with Crippen LogP contribution in [0.4, 0.5) is 4.39 Å². The van der Waals surface area contributed by atoms with Crippen molar-refractivity contribution < 1.29 is 4.39 Å². The number of halogens is 2. The van der Waals surface area contributed by atoms with Gasteiger partial charge in [-0.3, -0.25) is 0 Å². The molecule has 1 aromatic carbocycles. The van der Waals surface area contributed by atoms with Crippen LogP contribution in [0.3, 0.4) is 0 Å². The molecule has 0 heterocycles. The number of hydrogen-bond donors (Lipinski definition) is 1. The molecule has 3 heteroatoms. The summed E-state index contributed by atoms with van der Waals surface area (Å²) >= 11 is 5.66. The van der Waals surface area contributed by atoms with Gasteiger partial charge in [0.15, 0.2) is 0 Å². The van der Waals surface area contributed by atoms with Gasteiger partial charge in [0.1, 0.15) is 5.82 Å². The Morgan fingerprint density at radius 2 is 2.11 bits per heavy atom. The van der Waals surface area contributed by atoms with Crippen LogP contribution in [0.1, 0.15) is 38.2 Å². The minimum absolute atomic E-state index is 0.194. The molecule has 2 atom stereocenters. The second-order valence-electron chi connectivity index (χ2n) is 5.40. The molecule has 1 N–H and O–H groups in total. The van der Waals surface area contributed by atoms with Crippen LogP contribution < -0.4 is 5.32 Å². The summed E-state index contributed by atoms with van der Waals surface area (Å²) < 4.78 is 13.3. The van der Waals surface area contributed by atoms with E-state index in [1.807, 2.05) is 6.07 Å². The topological polar surface area (TPSA) is 12.0 Å². The maximum absolute atomic E-state index is 13.3. The van der Waals surface area contributed by atoms with Crippen molar-refractivity contribution in [2.45, 2.75) is 39.2 Å². The van der Waals surface area contributed by atoms with E-state index in [0.29, 0.717) is 0 Å². The zero-order chi connectivity index (χ0) is 13.0. The minimum Gasteiger partial charge on any atom is -0.312 e. The van der Waals surface area contributed by atoms with E-state index in [-0.39, 0.29) is 10.8 Å². The third-order valence-electron chi connectivity index (χ3n) is 4.01. The number of rotatable bonds is 4. The van der Waals surface area contributed by atoms with Crippen LogP contribution in [0.2, 0.25) is 5.02 Å². The van der Waals surface area contributed by atoms with Crippen LogP contribution in [-0.2, 0) is 6.54 Å². The average Bonchev–Trinajstić information content (AvgIpc) is 2.36. The van der Waals surface area contributed by atoms with Gasteiger partial charge in [0.2, 0.25) is 0 Å². The van der Waals surface area contributed by atoms with Gasteiger partial charge < -0.3 is 5.32 Å². The lowest BCUT2D eigenvalue weighted by Gasteiger charge is -2.28. The zero-order valence-electron chi connectivity index (χ0n) is 10.9. The largest absolute Gasteiger partial charge is 0.312 e. The van der Waals surface area contributed by atoms with Crippen molar-refractivity contribution in [2.24, 2.45) is 11.8 Å². The van der Waals surface area contributed by atoms with Crippen molar-refractivity contribution in [1.82, 2.24) is 5.32 Å². The van der Waals surface area contributed by atoms with Gasteiger partial charge in [-0.05, 0) is 42.5 Å². The highest BCUT2D eigenvalue weighted by Gasteiger charge is 2.20. The molecule has 1 nitrogen and oxygen atoms in total. The summed E-state index contributed by atoms with van der Waals surface area (Å²) in [5, 5.41) is 3.63. The minimum atomic E-state index is -0.331. The van der Waals surface area contributed by atoms with Crippen LogP contribution in [0.15, 0.2) is 18.2 Å². The fourth-order valence-corrected chi connectivity index (χ4v) is 2.87. The molecule has 2 rings (SSSR count). The Morgan fingerprint density at radius 3 is 2.83 bits per heavy atom. The summed E-state index contributed by atoms with van der Waals surface area (Å²) in [5.41, 5.74) is 0.959. The quantitative estimate of drug-likeness (QED) is 0.855. The van der Waals surface area contributed by atoms with E-state index >= 15 is 0 Å². The van der Waals surface area contributed by atoms with Gasteiger partial charge in [-0.15, -0.1) is 0 Å². The molecule has 1 aromatic rings. The molecule has 0 spiro atoms. The SMILES string of the molecule is CC1CCCCC1CNCc1ccc(Cl)c(F)c1. The molecule has 0 radical (unpaired) electrons. The van der Waals surface area contributed by atoms with Gasteiger partial charge in [0.05, 0.1) is 5.02 Å². The van der Waals surface area contributed by atoms with Crippen LogP contribution in [-0.4, -0.2) is 6.54 Å². The van der Waals surface area contributed by atoms with Crippen LogP contribution >= 0.6 is 11.6 Å². The van der Waals surface area contributed by atoms with E-state index in [2.05, 4.69) is 12.2 Å². The van der Waals surface area contributed by atoms with Crippen molar-refractivity contribution >= 4 is 11.6 Å². The highest BCUT2D eigenvalue weighted by molar-refractivity contribution is 6.30. The third kappa shape index (κ3) is 3.69. The smallest absolute Gasteiger partial charge is 0.142 e. The summed E-state index contributed by atoms with van der Waals surface area (Å²) in [6, 6.07) is 5.01. The Morgan fingerprint density at radius 1 is 1.33 bits per heavy atom. The standard InChI is InChI=1S/C15H21ClFN/c1-11-4-2-3-5-13(11)10-18-9-12-6-7-14(16)15(17)8-12/h6-8,11,13,18H,2-5,9-10H2,1H3. The predicted octanol–water partition coefficient (Wildman–Crippen LogP) is 4.40. The first kappa shape index (κ1) is 13.8. The highest BCUT2D eigenvalue weighted by Crippen LogP contribution is 2.28. The highest BCUT2D eigenvalue weighted by atomic mass is 35.5. The lowest BCUT2D eigenvalue weighted by atomic mass is 9.80. The molecule has 0 bridgehead atoms. The molecule has 1 aliphatic carbocycles. The van der Waals surface area contributed by atoms with Crippen molar-refractivity contribution in [3.05, 3.63) is 34.6 Å². The molecule has 1 fully saturated rings. The zero-order valence-corrected chi connectivity index (χ0v) is 11.6. The van der Waals surface area contributed by atoms with Crippen LogP contribution in [0.5, 0.6) is 0 Å². The van der Waals surface area contributed by atoms with Gasteiger partial charge >= 0.3 is 0 Å². The summed E-state index contributed by atoms with van der Waals surface area (Å²) in [6.45, 7) is 4.09. The average molecular weight is 270 g/mol. The van der Waals surface area contributed by atoms with Crippen molar-refractivity contribution in [2.75, 3.05) is 6.54 Å². The Labute approximate surface area is 114 Å². The summed E-state index contributed by atoms with van der Waals surface area (Å²) in [6.07, 6.45) is 5.40. The normalized spacial score (nSPS) is 24.2. The Hall–Kier alpha value is -0.600. The van der Waals surface area contributed by atoms with Crippen molar-refractivity contribution in [3.63, 3.8) is 0 Å². The number of hydrogen-bond acceptors (Lipinski definition) is 1. The number of benzene rings is 1. The molecule has 1 saturated carbocycles. The first-order valence-electron chi connectivity index (χ1n) is 6.81. The first-order chi connectivity index (χ1) is 8.66. The molecular weight excluding hydrogens is 249 g/mol. The van der Waals surface area contributed by atoms with E-state index in [1.54, 1.807) is 6.07 Å². The molecule has 0 aromatic heterocycles. The molecule has 0 aliphatic heterocycles. The van der Waals surface area contributed by atoms with Gasteiger partial charge in [0, 0.05) is 6.54 Å². The Balaban J connectivity index is 1.79. The fraction of sp³-hybridized carbons (Fsp3) is 0.600. The maximum Gasteiger partial charge on any atom is 0.142 e. The van der Waals surface area contributed by atoms with Gasteiger partial charge in [0.25, 0.3) is 0 Å². The summed E-state index contributed by atoms with van der Waals surface area (Å²) in [7, 11) is 0. The van der Waals surface area contributed by atoms with Crippen molar-refractivity contribution in [3.8, 4) is 0 Å². The Bertz CT molecular complexity index is 394. The fourth-order valence-electron chi connectivity index (χ4n) is 2.75. The van der Waals surface area contributed by atoms with Gasteiger partial charge in [-0.1, -0.05) is 43.9 Å². The maximum atomic E-state index is 13.3. The second kappa shape index (κ2) is 6.53. The molecule has 1 aliphatic rings. The van der Waals surface area contributed by atoms with E-state index in [4.69, 9.17) is 11.6 Å². The Kier molecular flexibility index (Phi) is 5.02. The van der Waals surface area contributed by atoms with E-state index in [0.717, 1.165) is 30.5 Å². The molecule has 100 valence electrons. The third-order valence-corrected chi connectivity index (χ3v) is 4.32. The van der Waals surface area contributed by atoms with Crippen LogP contribution in [0.25, 0.3) is 0 Å².